The van der Waals surface area contributed by atoms with E-state index in [-0.39, 0.29) is 5.78 Å². The van der Waals surface area contributed by atoms with Crippen LogP contribution in [0.25, 0.3) is 16.6 Å². The summed E-state index contributed by atoms with van der Waals surface area (Å²) in [5.41, 5.74) is 1.84. The highest BCUT2D eigenvalue weighted by Gasteiger charge is 2.13. The fourth-order valence-electron chi connectivity index (χ4n) is 1.95. The van der Waals surface area contributed by atoms with Gasteiger partial charge in [-0.3, -0.25) is 4.79 Å². The summed E-state index contributed by atoms with van der Waals surface area (Å²) in [6.45, 7) is 1.88. The fourth-order valence-corrected chi connectivity index (χ4v) is 3.56. The van der Waals surface area contributed by atoms with Crippen molar-refractivity contribution in [2.75, 3.05) is 0 Å². The summed E-state index contributed by atoms with van der Waals surface area (Å²) in [5, 5.41) is 2.89. The van der Waals surface area contributed by atoms with Crippen molar-refractivity contribution in [3.63, 3.8) is 0 Å². The average Bonchev–Trinajstić information content (AvgIpc) is 3.15. The van der Waals surface area contributed by atoms with Gasteiger partial charge < -0.3 is 0 Å². The Labute approximate surface area is 131 Å². The van der Waals surface area contributed by atoms with Crippen LogP contribution in [0.4, 0.5) is 0 Å². The predicted octanol–water partition coefficient (Wildman–Crippen LogP) is 5.08. The van der Waals surface area contributed by atoms with Gasteiger partial charge in [-0.25, -0.2) is 4.98 Å². The van der Waals surface area contributed by atoms with Gasteiger partial charge in [0.05, 0.1) is 10.6 Å². The topological polar surface area (TPSA) is 30.0 Å². The minimum atomic E-state index is 0.0144. The first-order chi connectivity index (χ1) is 10.2. The van der Waals surface area contributed by atoms with Crippen LogP contribution >= 0.6 is 22.7 Å². The van der Waals surface area contributed by atoms with Crippen LogP contribution < -0.4 is 0 Å². The highest BCUT2D eigenvalue weighted by molar-refractivity contribution is 7.17. The Morgan fingerprint density at radius 3 is 2.67 bits per heavy atom. The van der Waals surface area contributed by atoms with E-state index in [2.05, 4.69) is 4.98 Å². The molecule has 0 aliphatic carbocycles. The normalized spacial score (nSPS) is 11.1. The monoisotopic (exact) mass is 311 g/mol. The van der Waals surface area contributed by atoms with Gasteiger partial charge >= 0.3 is 0 Å². The van der Waals surface area contributed by atoms with Gasteiger partial charge in [0.25, 0.3) is 0 Å². The summed E-state index contributed by atoms with van der Waals surface area (Å²) in [6, 6.07) is 13.9. The highest BCUT2D eigenvalue weighted by atomic mass is 32.1. The van der Waals surface area contributed by atoms with Gasteiger partial charge in [-0.05, 0) is 30.5 Å². The quantitative estimate of drug-likeness (QED) is 0.497. The summed E-state index contributed by atoms with van der Waals surface area (Å²) in [5.74, 6) is 0.0144. The third-order valence-corrected chi connectivity index (χ3v) is 5.04. The maximum absolute atomic E-state index is 12.3. The second kappa shape index (κ2) is 6.16. The number of hydrogen-bond acceptors (Lipinski definition) is 4. The number of carbonyl (C=O) groups is 1. The lowest BCUT2D eigenvalue weighted by Crippen LogP contribution is -1.92. The molecule has 0 spiro atoms. The Balaban J connectivity index is 1.86. The first-order valence-corrected chi connectivity index (χ1v) is 8.22. The second-order valence-corrected chi connectivity index (χ2v) is 6.49. The van der Waals surface area contributed by atoms with Gasteiger partial charge in [0.2, 0.25) is 0 Å². The first kappa shape index (κ1) is 13.9. The van der Waals surface area contributed by atoms with E-state index < -0.39 is 0 Å². The van der Waals surface area contributed by atoms with Crippen molar-refractivity contribution in [1.82, 2.24) is 4.98 Å². The summed E-state index contributed by atoms with van der Waals surface area (Å²) < 4.78 is 0. The van der Waals surface area contributed by atoms with Crippen molar-refractivity contribution in [3.05, 3.63) is 69.4 Å². The van der Waals surface area contributed by atoms with Crippen molar-refractivity contribution < 1.29 is 4.79 Å². The van der Waals surface area contributed by atoms with Crippen molar-refractivity contribution >= 4 is 34.5 Å². The lowest BCUT2D eigenvalue weighted by molar-refractivity contribution is 0.105. The average molecular weight is 311 g/mol. The molecule has 0 atom stereocenters. The number of rotatable bonds is 4. The van der Waals surface area contributed by atoms with Gasteiger partial charge in [0.15, 0.2) is 5.78 Å². The van der Waals surface area contributed by atoms with Crippen LogP contribution in [0.1, 0.15) is 20.2 Å². The Morgan fingerprint density at radius 1 is 1.14 bits per heavy atom. The van der Waals surface area contributed by atoms with Gasteiger partial charge in [-0.15, -0.1) is 22.7 Å². The second-order valence-electron chi connectivity index (χ2n) is 4.51. The molecule has 0 amide bonds. The number of allylic oxidation sites excluding steroid dienone is 1. The molecule has 0 unspecified atom stereocenters. The van der Waals surface area contributed by atoms with Gasteiger partial charge in [0, 0.05) is 10.4 Å². The molecular formula is C17H13NOS2. The zero-order valence-corrected chi connectivity index (χ0v) is 13.1. The fraction of sp³-hybridized carbons (Fsp3) is 0.0588. The number of nitrogens with zero attached hydrogens (tertiary/aromatic N) is 1. The number of benzene rings is 1. The number of aromatic nitrogens is 1. The predicted molar refractivity (Wildman–Crippen MR) is 90.0 cm³/mol. The van der Waals surface area contributed by atoms with E-state index in [1.54, 1.807) is 17.4 Å². The van der Waals surface area contributed by atoms with Crippen LogP contribution in [-0.2, 0) is 0 Å². The third kappa shape index (κ3) is 3.17. The molecule has 0 aliphatic heterocycles. The third-order valence-electron chi connectivity index (χ3n) is 2.98. The Kier molecular flexibility index (Phi) is 4.08. The van der Waals surface area contributed by atoms with E-state index in [0.717, 1.165) is 21.1 Å². The zero-order valence-electron chi connectivity index (χ0n) is 11.4. The maximum Gasteiger partial charge on any atom is 0.197 e. The van der Waals surface area contributed by atoms with Crippen molar-refractivity contribution in [3.8, 4) is 10.6 Å². The summed E-state index contributed by atoms with van der Waals surface area (Å²) in [7, 11) is 0. The minimum absolute atomic E-state index is 0.0144. The summed E-state index contributed by atoms with van der Waals surface area (Å²) in [4.78, 5) is 18.6. The molecule has 0 fully saturated rings. The molecule has 104 valence electrons. The minimum Gasteiger partial charge on any atom is -0.288 e. The van der Waals surface area contributed by atoms with Crippen LogP contribution in [0.15, 0.2) is 53.9 Å². The molecule has 0 saturated heterocycles. The molecule has 2 aromatic heterocycles. The number of aryl methyl sites for hydroxylation is 1. The first-order valence-electron chi connectivity index (χ1n) is 6.53. The smallest absolute Gasteiger partial charge is 0.197 e. The van der Waals surface area contributed by atoms with Gasteiger partial charge in [-0.2, -0.15) is 0 Å². The number of carbonyl (C=O) groups excluding carboxylic acids is 1. The molecule has 2 nitrogen and oxygen atoms in total. The van der Waals surface area contributed by atoms with E-state index in [9.17, 15) is 4.79 Å². The standard InChI is InChI=1S/C17H13NOS2/c1-12-16(15(19)10-9-14-8-5-11-20-14)21-17(18-12)13-6-3-2-4-7-13/h2-11H,1H3. The van der Waals surface area contributed by atoms with E-state index in [1.165, 1.54) is 11.3 Å². The zero-order chi connectivity index (χ0) is 14.7. The number of hydrogen-bond donors (Lipinski definition) is 0. The molecular weight excluding hydrogens is 298 g/mol. The molecule has 2 heterocycles. The molecule has 4 heteroatoms. The van der Waals surface area contributed by atoms with Crippen molar-refractivity contribution in [2.24, 2.45) is 0 Å². The van der Waals surface area contributed by atoms with Crippen LogP contribution in [0.3, 0.4) is 0 Å². The van der Waals surface area contributed by atoms with E-state index >= 15 is 0 Å². The molecule has 0 radical (unpaired) electrons. The molecule has 3 rings (SSSR count). The van der Waals surface area contributed by atoms with Crippen LogP contribution in [0.5, 0.6) is 0 Å². The lowest BCUT2D eigenvalue weighted by Gasteiger charge is -1.92. The summed E-state index contributed by atoms with van der Waals surface area (Å²) in [6.07, 6.45) is 3.48. The number of thiophene rings is 1. The molecule has 0 N–H and O–H groups in total. The molecule has 1 aromatic carbocycles. The van der Waals surface area contributed by atoms with Gasteiger partial charge in [0.1, 0.15) is 5.01 Å². The molecule has 3 aromatic rings. The largest absolute Gasteiger partial charge is 0.288 e. The van der Waals surface area contributed by atoms with Gasteiger partial charge in [-0.1, -0.05) is 36.4 Å². The SMILES string of the molecule is Cc1nc(-c2ccccc2)sc1C(=O)C=Cc1cccs1. The van der Waals surface area contributed by atoms with Crippen molar-refractivity contribution in [2.45, 2.75) is 6.92 Å². The molecule has 21 heavy (non-hydrogen) atoms. The van der Waals surface area contributed by atoms with Crippen LogP contribution in [0.2, 0.25) is 0 Å². The Hall–Kier alpha value is -2.04. The Morgan fingerprint density at radius 2 is 1.95 bits per heavy atom. The number of thiazole rings is 1. The summed E-state index contributed by atoms with van der Waals surface area (Å²) >= 11 is 3.06. The van der Waals surface area contributed by atoms with Crippen molar-refractivity contribution in [1.29, 1.82) is 0 Å². The van der Waals surface area contributed by atoms with E-state index in [1.807, 2.05) is 60.8 Å². The Bertz CT molecular complexity index is 770. The van der Waals surface area contributed by atoms with Crippen LogP contribution in [-0.4, -0.2) is 10.8 Å². The highest BCUT2D eigenvalue weighted by Crippen LogP contribution is 2.28. The van der Waals surface area contributed by atoms with E-state index in [4.69, 9.17) is 0 Å². The molecule has 0 saturated carbocycles. The van der Waals surface area contributed by atoms with E-state index in [0.29, 0.717) is 4.88 Å². The lowest BCUT2D eigenvalue weighted by atomic mass is 10.2. The maximum atomic E-state index is 12.3. The molecule has 0 bridgehead atoms. The number of ketones is 1. The molecule has 0 aliphatic rings. The van der Waals surface area contributed by atoms with Crippen LogP contribution in [0, 0.1) is 6.92 Å².